The highest BCUT2D eigenvalue weighted by Crippen LogP contribution is 2.29. The highest BCUT2D eigenvalue weighted by molar-refractivity contribution is 4.74. The molecule has 1 saturated carbocycles. The van der Waals surface area contributed by atoms with E-state index in [0.29, 0.717) is 6.10 Å². The van der Waals surface area contributed by atoms with Crippen LogP contribution in [0.1, 0.15) is 25.7 Å². The van der Waals surface area contributed by atoms with Crippen molar-refractivity contribution >= 4 is 0 Å². The third-order valence-electron chi connectivity index (χ3n) is 2.55. The van der Waals surface area contributed by atoms with Crippen molar-refractivity contribution in [3.63, 3.8) is 0 Å². The Kier molecular flexibility index (Phi) is 4.33. The van der Waals surface area contributed by atoms with Crippen LogP contribution < -0.4 is 17.7 Å². The van der Waals surface area contributed by atoms with Crippen LogP contribution in [-0.2, 0) is 4.74 Å². The monoisotopic (exact) mass is 190 g/mol. The number of ether oxygens (including phenoxy) is 1. The van der Waals surface area contributed by atoms with Gasteiger partial charge in [0.1, 0.15) is 0 Å². The van der Waals surface area contributed by atoms with Gasteiger partial charge in [0.25, 0.3) is 0 Å². The number of hydrogen-bond acceptors (Lipinski definition) is 2. The molecule has 1 aliphatic carbocycles. The van der Waals surface area contributed by atoms with Crippen molar-refractivity contribution in [2.24, 2.45) is 5.92 Å². The van der Waals surface area contributed by atoms with Crippen molar-refractivity contribution in [3.05, 3.63) is 0 Å². The van der Waals surface area contributed by atoms with E-state index in [1.165, 1.54) is 25.7 Å². The molecular formula is C9H17ClNO-. The summed E-state index contributed by atoms with van der Waals surface area (Å²) in [6, 6.07) is 0. The molecule has 72 valence electrons. The molecule has 1 N–H and O–H groups in total. The zero-order valence-electron chi connectivity index (χ0n) is 7.39. The van der Waals surface area contributed by atoms with Crippen molar-refractivity contribution in [1.29, 1.82) is 0 Å². The van der Waals surface area contributed by atoms with Gasteiger partial charge in [-0.2, -0.15) is 0 Å². The van der Waals surface area contributed by atoms with Crippen LogP contribution in [0.2, 0.25) is 0 Å². The van der Waals surface area contributed by atoms with Crippen molar-refractivity contribution in [2.75, 3.05) is 19.7 Å². The van der Waals surface area contributed by atoms with Crippen LogP contribution in [0, 0.1) is 5.92 Å². The summed E-state index contributed by atoms with van der Waals surface area (Å²) in [5.41, 5.74) is 0. The summed E-state index contributed by atoms with van der Waals surface area (Å²) < 4.78 is 5.77. The fourth-order valence-corrected chi connectivity index (χ4v) is 1.52. The Morgan fingerprint density at radius 1 is 1.08 bits per heavy atom. The summed E-state index contributed by atoms with van der Waals surface area (Å²) in [4.78, 5) is 0. The molecule has 2 aliphatic rings. The molecule has 2 fully saturated rings. The lowest BCUT2D eigenvalue weighted by atomic mass is 10.1. The first-order valence-electron chi connectivity index (χ1n) is 4.77. The first-order valence-corrected chi connectivity index (χ1v) is 4.77. The standard InChI is InChI=1S/C9H17NO.ClH/c1-2-8(1)7-11-9-3-5-10-6-4-9;/h8-10H,1-7H2;1H/p-1. The maximum Gasteiger partial charge on any atom is 0.0599 e. The quantitative estimate of drug-likeness (QED) is 0.566. The fourth-order valence-electron chi connectivity index (χ4n) is 1.52. The zero-order valence-corrected chi connectivity index (χ0v) is 8.15. The van der Waals surface area contributed by atoms with Gasteiger partial charge in [0.05, 0.1) is 6.10 Å². The van der Waals surface area contributed by atoms with Crippen molar-refractivity contribution < 1.29 is 17.1 Å². The molecule has 0 aromatic heterocycles. The van der Waals surface area contributed by atoms with Gasteiger partial charge in [0.2, 0.25) is 0 Å². The lowest BCUT2D eigenvalue weighted by molar-refractivity contribution is -0.00000700. The van der Waals surface area contributed by atoms with Crippen LogP contribution >= 0.6 is 0 Å². The predicted octanol–water partition coefficient (Wildman–Crippen LogP) is -1.83. The average molecular weight is 191 g/mol. The predicted molar refractivity (Wildman–Crippen MR) is 44.6 cm³/mol. The van der Waals surface area contributed by atoms with E-state index < -0.39 is 0 Å². The lowest BCUT2D eigenvalue weighted by Crippen LogP contribution is -3.00. The Hall–Kier alpha value is 0.210. The van der Waals surface area contributed by atoms with E-state index in [1.807, 2.05) is 0 Å². The summed E-state index contributed by atoms with van der Waals surface area (Å²) in [6.07, 6.45) is 5.81. The fraction of sp³-hybridized carbons (Fsp3) is 1.00. The zero-order chi connectivity index (χ0) is 7.52. The van der Waals surface area contributed by atoms with Gasteiger partial charge in [-0.15, -0.1) is 0 Å². The third kappa shape index (κ3) is 3.30. The van der Waals surface area contributed by atoms with Crippen LogP contribution in [0.4, 0.5) is 0 Å². The molecular weight excluding hydrogens is 174 g/mol. The molecule has 1 aliphatic heterocycles. The van der Waals surface area contributed by atoms with Crippen LogP contribution in [0.15, 0.2) is 0 Å². The number of nitrogens with one attached hydrogen (secondary N) is 1. The molecule has 1 saturated heterocycles. The van der Waals surface area contributed by atoms with Crippen LogP contribution in [0.25, 0.3) is 0 Å². The second kappa shape index (κ2) is 5.05. The average Bonchev–Trinajstić information content (AvgIpc) is 2.86. The van der Waals surface area contributed by atoms with Gasteiger partial charge in [-0.25, -0.2) is 0 Å². The first-order chi connectivity index (χ1) is 5.45. The third-order valence-corrected chi connectivity index (χ3v) is 2.55. The Morgan fingerprint density at radius 2 is 1.75 bits per heavy atom. The van der Waals surface area contributed by atoms with Crippen LogP contribution in [0.5, 0.6) is 0 Å². The molecule has 0 amide bonds. The summed E-state index contributed by atoms with van der Waals surface area (Å²) in [5, 5.41) is 3.34. The number of halogens is 1. The minimum atomic E-state index is 0. The Bertz CT molecular complexity index is 122. The minimum Gasteiger partial charge on any atom is -1.00 e. The molecule has 2 nitrogen and oxygen atoms in total. The molecule has 0 spiro atoms. The largest absolute Gasteiger partial charge is 1.00 e. The van der Waals surface area contributed by atoms with E-state index in [2.05, 4.69) is 5.32 Å². The molecule has 0 bridgehead atoms. The van der Waals surface area contributed by atoms with Gasteiger partial charge in [-0.3, -0.25) is 0 Å². The van der Waals surface area contributed by atoms with Gasteiger partial charge in [-0.1, -0.05) is 0 Å². The molecule has 0 aromatic rings. The first kappa shape index (κ1) is 10.3. The van der Waals surface area contributed by atoms with Gasteiger partial charge in [-0.05, 0) is 44.7 Å². The summed E-state index contributed by atoms with van der Waals surface area (Å²) in [6.45, 7) is 3.33. The number of piperidine rings is 1. The summed E-state index contributed by atoms with van der Waals surface area (Å²) in [7, 11) is 0. The smallest absolute Gasteiger partial charge is 0.0599 e. The molecule has 0 unspecified atom stereocenters. The Morgan fingerprint density at radius 3 is 2.33 bits per heavy atom. The maximum absolute atomic E-state index is 5.77. The minimum absolute atomic E-state index is 0. The van der Waals surface area contributed by atoms with Crippen molar-refractivity contribution in [3.8, 4) is 0 Å². The van der Waals surface area contributed by atoms with Crippen LogP contribution in [-0.4, -0.2) is 25.8 Å². The molecule has 2 rings (SSSR count). The molecule has 0 radical (unpaired) electrons. The SMILES string of the molecule is C1CC(OCC2CC2)CCN1.[Cl-]. The van der Waals surface area contributed by atoms with E-state index in [9.17, 15) is 0 Å². The second-order valence-corrected chi connectivity index (χ2v) is 3.73. The Balaban J connectivity index is 0.000000720. The maximum atomic E-state index is 5.77. The summed E-state index contributed by atoms with van der Waals surface area (Å²) in [5.74, 6) is 0.921. The van der Waals surface area contributed by atoms with E-state index in [0.717, 1.165) is 25.6 Å². The lowest BCUT2D eigenvalue weighted by Gasteiger charge is -2.22. The van der Waals surface area contributed by atoms with Crippen LogP contribution in [0.3, 0.4) is 0 Å². The number of hydrogen-bond donors (Lipinski definition) is 1. The summed E-state index contributed by atoms with van der Waals surface area (Å²) >= 11 is 0. The van der Waals surface area contributed by atoms with Gasteiger partial charge < -0.3 is 22.5 Å². The molecule has 1 heterocycles. The van der Waals surface area contributed by atoms with Crippen molar-refractivity contribution in [2.45, 2.75) is 31.8 Å². The van der Waals surface area contributed by atoms with Gasteiger partial charge in [0, 0.05) is 6.61 Å². The highest BCUT2D eigenvalue weighted by Gasteiger charge is 2.23. The molecule has 0 atom stereocenters. The highest BCUT2D eigenvalue weighted by atomic mass is 35.5. The molecule has 0 aromatic carbocycles. The number of rotatable bonds is 3. The van der Waals surface area contributed by atoms with E-state index in [-0.39, 0.29) is 12.4 Å². The van der Waals surface area contributed by atoms with E-state index in [4.69, 9.17) is 4.74 Å². The topological polar surface area (TPSA) is 21.3 Å². The Labute approximate surface area is 80.5 Å². The van der Waals surface area contributed by atoms with Crippen molar-refractivity contribution in [1.82, 2.24) is 5.32 Å². The molecule has 3 heteroatoms. The normalized spacial score (nSPS) is 25.0. The second-order valence-electron chi connectivity index (χ2n) is 3.73. The van der Waals surface area contributed by atoms with E-state index >= 15 is 0 Å². The van der Waals surface area contributed by atoms with Gasteiger partial charge >= 0.3 is 0 Å². The van der Waals surface area contributed by atoms with Gasteiger partial charge in [0.15, 0.2) is 0 Å². The molecule has 12 heavy (non-hydrogen) atoms. The van der Waals surface area contributed by atoms with E-state index in [1.54, 1.807) is 0 Å².